The largest absolute Gasteiger partial charge is 0.381 e. The fourth-order valence-corrected chi connectivity index (χ4v) is 2.77. The van der Waals surface area contributed by atoms with E-state index < -0.39 is 6.23 Å². The van der Waals surface area contributed by atoms with E-state index in [4.69, 9.17) is 16.3 Å². The number of benzene rings is 1. The summed E-state index contributed by atoms with van der Waals surface area (Å²) in [4.78, 5) is 0. The van der Waals surface area contributed by atoms with Gasteiger partial charge in [-0.3, -0.25) is 5.32 Å². The second kappa shape index (κ2) is 19.2. The van der Waals surface area contributed by atoms with E-state index in [1.54, 1.807) is 7.11 Å². The van der Waals surface area contributed by atoms with Crippen LogP contribution in [0.5, 0.6) is 0 Å². The molecule has 0 spiro atoms. The van der Waals surface area contributed by atoms with Gasteiger partial charge in [-0.1, -0.05) is 74.5 Å². The zero-order valence-corrected chi connectivity index (χ0v) is 18.0. The van der Waals surface area contributed by atoms with Crippen molar-refractivity contribution in [3.63, 3.8) is 0 Å². The number of hydrogen-bond donors (Lipinski definition) is 2. The normalized spacial score (nSPS) is 13.5. The average molecular weight is 394 g/mol. The number of hydrogen-bond acceptors (Lipinski definition) is 3. The smallest absolute Gasteiger partial charge is 0.105 e. The van der Waals surface area contributed by atoms with Crippen molar-refractivity contribution in [2.45, 2.75) is 52.3 Å². The summed E-state index contributed by atoms with van der Waals surface area (Å²) in [6.45, 7) is 10.4. The molecule has 4 heteroatoms. The Hall–Kier alpha value is -1.57. The topological polar surface area (TPSA) is 41.5 Å². The van der Waals surface area contributed by atoms with Crippen LogP contribution in [0, 0.1) is 18.8 Å². The summed E-state index contributed by atoms with van der Waals surface area (Å²) in [5.41, 5.74) is 1.25. The molecule has 152 valence electrons. The number of allylic oxidation sites excluding steroid dienone is 2. The van der Waals surface area contributed by atoms with Crippen LogP contribution < -0.4 is 5.32 Å². The highest BCUT2D eigenvalue weighted by Crippen LogP contribution is 2.20. The van der Waals surface area contributed by atoms with E-state index in [0.29, 0.717) is 24.5 Å². The van der Waals surface area contributed by atoms with E-state index in [2.05, 4.69) is 43.8 Å². The minimum absolute atomic E-state index is 0.140. The maximum Gasteiger partial charge on any atom is 0.105 e. The van der Waals surface area contributed by atoms with Crippen LogP contribution in [0.3, 0.4) is 0 Å². The standard InChI is InChI=1S/C19H28ClNO2.C2H6.C2H2/c1-15(20)12-18(10-7-11-23-3)14-19(22)21-16(2)13-17-8-5-4-6-9-17;2*1-2/h4-10,16,18-19,21-22H,1,11-14H2,2-3H3;1-2H3;1-2H/b10-7-;;. The van der Waals surface area contributed by atoms with Crippen LogP contribution in [-0.4, -0.2) is 31.1 Å². The van der Waals surface area contributed by atoms with Crippen molar-refractivity contribution in [1.82, 2.24) is 5.32 Å². The Kier molecular flexibility index (Phi) is 19.7. The van der Waals surface area contributed by atoms with Gasteiger partial charge in [-0.15, -0.1) is 12.8 Å². The number of aliphatic hydroxyl groups is 1. The van der Waals surface area contributed by atoms with Crippen molar-refractivity contribution in [3.8, 4) is 12.8 Å². The maximum atomic E-state index is 10.3. The molecule has 0 aliphatic heterocycles. The summed E-state index contributed by atoms with van der Waals surface area (Å²) < 4.78 is 5.01. The molecule has 27 heavy (non-hydrogen) atoms. The van der Waals surface area contributed by atoms with Crippen LogP contribution in [0.1, 0.15) is 39.2 Å². The Morgan fingerprint density at radius 1 is 1.30 bits per heavy atom. The van der Waals surface area contributed by atoms with Crippen molar-refractivity contribution >= 4 is 11.6 Å². The van der Waals surface area contributed by atoms with Gasteiger partial charge in [-0.2, -0.15) is 0 Å². The van der Waals surface area contributed by atoms with Crippen LogP contribution in [0.25, 0.3) is 0 Å². The molecule has 0 heterocycles. The molecule has 3 unspecified atom stereocenters. The lowest BCUT2D eigenvalue weighted by molar-refractivity contribution is 0.104. The number of nitrogens with one attached hydrogen (secondary N) is 1. The molecular formula is C23H36ClNO2. The third kappa shape index (κ3) is 16.3. The van der Waals surface area contributed by atoms with E-state index in [0.717, 1.165) is 6.42 Å². The number of methoxy groups -OCH3 is 1. The molecule has 0 aliphatic rings. The first-order chi connectivity index (χ1) is 13.0. The molecule has 1 aromatic carbocycles. The molecule has 0 fully saturated rings. The number of rotatable bonds is 11. The molecule has 0 bridgehead atoms. The van der Waals surface area contributed by atoms with Crippen LogP contribution in [0.4, 0.5) is 0 Å². The molecular weight excluding hydrogens is 358 g/mol. The Bertz CT molecular complexity index is 514. The van der Waals surface area contributed by atoms with Gasteiger partial charge in [0.2, 0.25) is 0 Å². The van der Waals surface area contributed by atoms with Gasteiger partial charge >= 0.3 is 0 Å². The molecule has 0 aliphatic carbocycles. The van der Waals surface area contributed by atoms with Crippen molar-refractivity contribution in [1.29, 1.82) is 0 Å². The van der Waals surface area contributed by atoms with Gasteiger partial charge < -0.3 is 9.84 Å². The number of halogens is 1. The van der Waals surface area contributed by atoms with Gasteiger partial charge in [0, 0.05) is 18.2 Å². The van der Waals surface area contributed by atoms with Gasteiger partial charge in [0.1, 0.15) is 6.23 Å². The van der Waals surface area contributed by atoms with Gasteiger partial charge in [0.05, 0.1) is 6.61 Å². The quantitative estimate of drug-likeness (QED) is 0.310. The van der Waals surface area contributed by atoms with Crippen molar-refractivity contribution in [2.75, 3.05) is 13.7 Å². The second-order valence-electron chi connectivity index (χ2n) is 5.87. The molecule has 1 aromatic rings. The predicted molar refractivity (Wildman–Crippen MR) is 119 cm³/mol. The zero-order valence-electron chi connectivity index (χ0n) is 17.2. The van der Waals surface area contributed by atoms with Crippen LogP contribution >= 0.6 is 11.6 Å². The molecule has 0 saturated heterocycles. The fraction of sp³-hybridized carbons (Fsp3) is 0.478. The monoisotopic (exact) mass is 393 g/mol. The van der Waals surface area contributed by atoms with E-state index in [1.807, 2.05) is 44.2 Å². The summed E-state index contributed by atoms with van der Waals surface area (Å²) in [5.74, 6) is 0.140. The Labute approximate surface area is 171 Å². The van der Waals surface area contributed by atoms with Crippen molar-refractivity contribution < 1.29 is 9.84 Å². The van der Waals surface area contributed by atoms with Gasteiger partial charge in [0.25, 0.3) is 0 Å². The van der Waals surface area contributed by atoms with E-state index in [9.17, 15) is 5.11 Å². The van der Waals surface area contributed by atoms with Gasteiger partial charge in [0.15, 0.2) is 0 Å². The summed E-state index contributed by atoms with van der Waals surface area (Å²) in [5, 5.41) is 14.1. The number of terminal acetylenes is 1. The minimum Gasteiger partial charge on any atom is -0.381 e. The second-order valence-corrected chi connectivity index (χ2v) is 6.41. The van der Waals surface area contributed by atoms with Gasteiger partial charge in [-0.25, -0.2) is 0 Å². The third-order valence-corrected chi connectivity index (χ3v) is 3.70. The molecule has 3 atom stereocenters. The van der Waals surface area contributed by atoms with E-state index in [-0.39, 0.29) is 12.0 Å². The first kappa shape index (κ1) is 27.6. The summed E-state index contributed by atoms with van der Waals surface area (Å²) >= 11 is 5.92. The SMILES string of the molecule is C#C.C=C(Cl)CC(/C=C\COC)CC(O)NC(C)Cc1ccccc1.CC. The summed E-state index contributed by atoms with van der Waals surface area (Å²) in [6.07, 6.45) is 13.5. The summed E-state index contributed by atoms with van der Waals surface area (Å²) in [6, 6.07) is 10.4. The molecule has 0 saturated carbocycles. The molecule has 0 radical (unpaired) electrons. The number of aliphatic hydroxyl groups excluding tert-OH is 1. The van der Waals surface area contributed by atoms with Crippen LogP contribution in [-0.2, 0) is 11.2 Å². The lowest BCUT2D eigenvalue weighted by atomic mass is 9.99. The van der Waals surface area contributed by atoms with E-state index >= 15 is 0 Å². The highest BCUT2D eigenvalue weighted by molar-refractivity contribution is 6.29. The molecule has 1 rings (SSSR count). The fourth-order valence-electron chi connectivity index (χ4n) is 2.57. The molecule has 0 amide bonds. The first-order valence-electron chi connectivity index (χ1n) is 9.31. The Morgan fingerprint density at radius 2 is 1.89 bits per heavy atom. The van der Waals surface area contributed by atoms with E-state index in [1.165, 1.54) is 5.56 Å². The van der Waals surface area contributed by atoms with Gasteiger partial charge in [-0.05, 0) is 37.7 Å². The lowest BCUT2D eigenvalue weighted by Gasteiger charge is -2.22. The van der Waals surface area contributed by atoms with Crippen LogP contribution in [0.2, 0.25) is 0 Å². The lowest BCUT2D eigenvalue weighted by Crippen LogP contribution is -2.38. The molecule has 0 aromatic heterocycles. The average Bonchev–Trinajstić information content (AvgIpc) is 2.65. The van der Waals surface area contributed by atoms with Crippen LogP contribution in [0.15, 0.2) is 54.1 Å². The Morgan fingerprint density at radius 3 is 2.41 bits per heavy atom. The number of ether oxygens (including phenoxy) is 1. The zero-order chi connectivity index (χ0) is 21.1. The third-order valence-electron chi connectivity index (χ3n) is 3.54. The predicted octanol–water partition coefficient (Wildman–Crippen LogP) is 5.15. The summed E-state index contributed by atoms with van der Waals surface area (Å²) in [7, 11) is 1.65. The van der Waals surface area contributed by atoms with Crippen molar-refractivity contribution in [2.24, 2.45) is 5.92 Å². The minimum atomic E-state index is -0.582. The van der Waals surface area contributed by atoms with Crippen molar-refractivity contribution in [3.05, 3.63) is 59.7 Å². The highest BCUT2D eigenvalue weighted by atomic mass is 35.5. The Balaban J connectivity index is 0. The first-order valence-corrected chi connectivity index (χ1v) is 9.69. The highest BCUT2D eigenvalue weighted by Gasteiger charge is 2.15. The molecule has 3 nitrogen and oxygen atoms in total. The molecule has 2 N–H and O–H groups in total. The maximum absolute atomic E-state index is 10.3.